The van der Waals surface area contributed by atoms with E-state index in [9.17, 15) is 9.59 Å². The molecule has 0 aliphatic carbocycles. The summed E-state index contributed by atoms with van der Waals surface area (Å²) in [5.41, 5.74) is 9.40. The number of nitrogens with two attached hydrogens (primary N) is 2. The average molecular weight is 396 g/mol. The van der Waals surface area contributed by atoms with Crippen LogP contribution < -0.4 is 16.4 Å². The molecule has 9 heteroatoms. The third-order valence-corrected chi connectivity index (χ3v) is 4.77. The lowest BCUT2D eigenvalue weighted by atomic mass is 9.86. The number of hydrogen-bond acceptors (Lipinski definition) is 8. The van der Waals surface area contributed by atoms with E-state index in [4.69, 9.17) is 21.5 Å². The Balaban J connectivity index is 3.31. The van der Waals surface area contributed by atoms with Crippen molar-refractivity contribution in [3.63, 3.8) is 0 Å². The van der Waals surface area contributed by atoms with Crippen molar-refractivity contribution in [3.05, 3.63) is 11.6 Å². The number of thiazole rings is 1. The summed E-state index contributed by atoms with van der Waals surface area (Å²) in [5.74, 6) is -1.16. The number of esters is 1. The molecule has 0 aliphatic rings. The third-order valence-electron chi connectivity index (χ3n) is 3.97. The second kappa shape index (κ2) is 10.2. The second-order valence-electron chi connectivity index (χ2n) is 7.28. The maximum atomic E-state index is 12.7. The van der Waals surface area contributed by atoms with E-state index in [1.807, 2.05) is 0 Å². The van der Waals surface area contributed by atoms with Gasteiger partial charge in [-0.1, -0.05) is 0 Å². The SMILES string of the molecule is CC(C)(C)OC(=O)C[C@](CCCCN)(C(N)=O)N(CCC#N)c1nccs1. The van der Waals surface area contributed by atoms with Gasteiger partial charge in [-0.25, -0.2) is 4.98 Å². The van der Waals surface area contributed by atoms with Gasteiger partial charge in [0.1, 0.15) is 11.1 Å². The molecule has 1 aromatic rings. The largest absolute Gasteiger partial charge is 0.460 e. The summed E-state index contributed by atoms with van der Waals surface area (Å²) in [6.45, 7) is 5.99. The number of aromatic nitrogens is 1. The van der Waals surface area contributed by atoms with Gasteiger partial charge in [-0.2, -0.15) is 5.26 Å². The molecule has 1 atom stereocenters. The van der Waals surface area contributed by atoms with Crippen molar-refractivity contribution in [2.75, 3.05) is 18.0 Å². The molecule has 1 amide bonds. The fourth-order valence-corrected chi connectivity index (χ4v) is 3.60. The number of nitrogens with zero attached hydrogens (tertiary/aromatic N) is 3. The van der Waals surface area contributed by atoms with Gasteiger partial charge in [0.25, 0.3) is 0 Å². The third kappa shape index (κ3) is 6.81. The number of primary amides is 1. The first-order chi connectivity index (χ1) is 12.7. The Bertz CT molecular complexity index is 651. The van der Waals surface area contributed by atoms with Crippen molar-refractivity contribution in [1.82, 2.24) is 4.98 Å². The second-order valence-corrected chi connectivity index (χ2v) is 8.15. The summed E-state index contributed by atoms with van der Waals surface area (Å²) in [6, 6.07) is 2.08. The Kier molecular flexibility index (Phi) is 8.66. The van der Waals surface area contributed by atoms with Crippen LogP contribution in [0.3, 0.4) is 0 Å². The summed E-state index contributed by atoms with van der Waals surface area (Å²) < 4.78 is 5.44. The molecule has 0 saturated heterocycles. The highest BCUT2D eigenvalue weighted by Crippen LogP contribution is 2.34. The van der Waals surface area contributed by atoms with Gasteiger partial charge in [0.2, 0.25) is 5.91 Å². The molecule has 8 nitrogen and oxygen atoms in total. The van der Waals surface area contributed by atoms with Gasteiger partial charge in [0.05, 0.1) is 18.9 Å². The molecular formula is C18H29N5O3S. The lowest BCUT2D eigenvalue weighted by Crippen LogP contribution is -2.60. The van der Waals surface area contributed by atoms with Crippen LogP contribution in [0.5, 0.6) is 0 Å². The highest BCUT2D eigenvalue weighted by molar-refractivity contribution is 7.13. The van der Waals surface area contributed by atoms with Gasteiger partial charge in [0.15, 0.2) is 5.13 Å². The molecule has 27 heavy (non-hydrogen) atoms. The first-order valence-electron chi connectivity index (χ1n) is 8.92. The first-order valence-corrected chi connectivity index (χ1v) is 9.80. The molecular weight excluding hydrogens is 366 g/mol. The van der Waals surface area contributed by atoms with Crippen LogP contribution in [0.1, 0.15) is 52.9 Å². The topological polar surface area (TPSA) is 135 Å². The zero-order valence-electron chi connectivity index (χ0n) is 16.2. The van der Waals surface area contributed by atoms with E-state index in [0.717, 1.165) is 0 Å². The van der Waals surface area contributed by atoms with E-state index in [0.29, 0.717) is 30.9 Å². The van der Waals surface area contributed by atoms with Gasteiger partial charge in [0, 0.05) is 18.1 Å². The van der Waals surface area contributed by atoms with E-state index < -0.39 is 23.0 Å². The van der Waals surface area contributed by atoms with Crippen molar-refractivity contribution >= 4 is 28.3 Å². The van der Waals surface area contributed by atoms with Crippen molar-refractivity contribution < 1.29 is 14.3 Å². The van der Waals surface area contributed by atoms with Crippen molar-refractivity contribution in [3.8, 4) is 6.07 Å². The maximum absolute atomic E-state index is 12.7. The lowest BCUT2D eigenvalue weighted by molar-refractivity contribution is -0.157. The molecule has 150 valence electrons. The fraction of sp³-hybridized carbons (Fsp3) is 0.667. The van der Waals surface area contributed by atoms with Gasteiger partial charge < -0.3 is 21.1 Å². The average Bonchev–Trinajstić information content (AvgIpc) is 3.07. The quantitative estimate of drug-likeness (QED) is 0.432. The van der Waals surface area contributed by atoms with Gasteiger partial charge in [-0.15, -0.1) is 11.3 Å². The van der Waals surface area contributed by atoms with Crippen LogP contribution in [0.25, 0.3) is 0 Å². The number of rotatable bonds is 11. The summed E-state index contributed by atoms with van der Waals surface area (Å²) in [6.07, 6.45) is 3.18. The molecule has 0 aromatic carbocycles. The zero-order chi connectivity index (χ0) is 20.5. The van der Waals surface area contributed by atoms with Crippen molar-refractivity contribution in [1.29, 1.82) is 5.26 Å². The predicted octanol–water partition coefficient (Wildman–Crippen LogP) is 1.95. The van der Waals surface area contributed by atoms with E-state index in [2.05, 4.69) is 11.1 Å². The molecule has 0 saturated carbocycles. The van der Waals surface area contributed by atoms with Crippen LogP contribution in [0.2, 0.25) is 0 Å². The number of nitriles is 1. The summed E-state index contributed by atoms with van der Waals surface area (Å²) in [5, 5.41) is 11.4. The Morgan fingerprint density at radius 1 is 1.37 bits per heavy atom. The Labute approximate surface area is 164 Å². The maximum Gasteiger partial charge on any atom is 0.309 e. The van der Waals surface area contributed by atoms with Crippen LogP contribution in [0, 0.1) is 11.3 Å². The molecule has 4 N–H and O–H groups in total. The number of ether oxygens (including phenoxy) is 1. The van der Waals surface area contributed by atoms with E-state index in [1.165, 1.54) is 11.3 Å². The van der Waals surface area contributed by atoms with Crippen LogP contribution in [-0.4, -0.2) is 41.1 Å². The van der Waals surface area contributed by atoms with Crippen LogP contribution in [0.4, 0.5) is 5.13 Å². The molecule has 1 aromatic heterocycles. The fourth-order valence-electron chi connectivity index (χ4n) is 2.84. The van der Waals surface area contributed by atoms with E-state index in [-0.39, 0.29) is 19.4 Å². The number of unbranched alkanes of at least 4 members (excludes halogenated alkanes) is 1. The highest BCUT2D eigenvalue weighted by atomic mass is 32.1. The number of amides is 1. The highest BCUT2D eigenvalue weighted by Gasteiger charge is 2.46. The summed E-state index contributed by atoms with van der Waals surface area (Å²) in [4.78, 5) is 31.2. The minimum absolute atomic E-state index is 0.166. The number of carbonyl (C=O) groups is 2. The van der Waals surface area contributed by atoms with Crippen LogP contribution >= 0.6 is 11.3 Å². The molecule has 0 aliphatic heterocycles. The van der Waals surface area contributed by atoms with Crippen LogP contribution in [-0.2, 0) is 14.3 Å². The number of hydrogen-bond donors (Lipinski definition) is 2. The van der Waals surface area contributed by atoms with Gasteiger partial charge in [-0.3, -0.25) is 9.59 Å². The standard InChI is InChI=1S/C18H29N5O3S/c1-17(2,3)26-14(24)13-18(15(21)25,7-4-5-8-19)23(11-6-9-20)16-22-10-12-27-16/h10,12H,4-8,11,13,19H2,1-3H3,(H2,21,25)/t18-/m1/s1. The van der Waals surface area contributed by atoms with Crippen molar-refractivity contribution in [2.45, 2.75) is 64.0 Å². The Morgan fingerprint density at radius 3 is 2.56 bits per heavy atom. The molecule has 1 heterocycles. The lowest BCUT2D eigenvalue weighted by Gasteiger charge is -2.41. The van der Waals surface area contributed by atoms with Crippen LogP contribution in [0.15, 0.2) is 11.6 Å². The summed E-state index contributed by atoms with van der Waals surface area (Å²) in [7, 11) is 0. The molecule has 0 bridgehead atoms. The van der Waals surface area contributed by atoms with E-state index >= 15 is 0 Å². The Morgan fingerprint density at radius 2 is 2.07 bits per heavy atom. The molecule has 1 rings (SSSR count). The van der Waals surface area contributed by atoms with Gasteiger partial charge in [-0.05, 0) is 46.6 Å². The van der Waals surface area contributed by atoms with Gasteiger partial charge >= 0.3 is 5.97 Å². The summed E-state index contributed by atoms with van der Waals surface area (Å²) >= 11 is 1.33. The zero-order valence-corrected chi connectivity index (χ0v) is 17.1. The molecule has 0 fully saturated rings. The Hall–Kier alpha value is -2.18. The molecule has 0 radical (unpaired) electrons. The monoisotopic (exact) mass is 395 g/mol. The number of anilines is 1. The minimum atomic E-state index is -1.33. The molecule has 0 spiro atoms. The number of carbonyl (C=O) groups excluding carboxylic acids is 2. The molecule has 0 unspecified atom stereocenters. The van der Waals surface area contributed by atoms with Crippen molar-refractivity contribution in [2.24, 2.45) is 11.5 Å². The smallest absolute Gasteiger partial charge is 0.309 e. The predicted molar refractivity (Wildman–Crippen MR) is 105 cm³/mol. The first kappa shape index (κ1) is 22.9. The normalized spacial score (nSPS) is 13.4. The van der Waals surface area contributed by atoms with E-state index in [1.54, 1.807) is 37.2 Å². The minimum Gasteiger partial charge on any atom is -0.460 e.